The van der Waals surface area contributed by atoms with Crippen molar-refractivity contribution in [1.29, 1.82) is 5.26 Å². The fourth-order valence-corrected chi connectivity index (χ4v) is 5.96. The molecule has 0 saturated heterocycles. The number of pyridine rings is 1. The highest BCUT2D eigenvalue weighted by Crippen LogP contribution is 2.57. The Balaban J connectivity index is 1.57. The molecule has 0 unspecified atom stereocenters. The second kappa shape index (κ2) is 6.20. The Hall–Kier alpha value is -1.89. The molecule has 4 fully saturated rings. The molecule has 1 aromatic rings. The topological polar surface area (TPSA) is 57.0 Å². The van der Waals surface area contributed by atoms with Crippen LogP contribution in [0.1, 0.15) is 50.5 Å². The number of aromatic nitrogens is 1. The van der Waals surface area contributed by atoms with Gasteiger partial charge in [-0.25, -0.2) is 0 Å². The van der Waals surface area contributed by atoms with Gasteiger partial charge in [0.05, 0.1) is 18.9 Å². The molecule has 1 amide bonds. The van der Waals surface area contributed by atoms with Crippen LogP contribution in [0, 0.1) is 29.1 Å². The minimum atomic E-state index is 0.0326. The number of carbonyl (C=O) groups is 1. The van der Waals surface area contributed by atoms with E-state index >= 15 is 0 Å². The van der Waals surface area contributed by atoms with Gasteiger partial charge in [-0.3, -0.25) is 9.78 Å². The largest absolute Gasteiger partial charge is 0.336 e. The summed E-state index contributed by atoms with van der Waals surface area (Å²) in [6.45, 7) is 0.585. The van der Waals surface area contributed by atoms with Gasteiger partial charge in [0.25, 0.3) is 0 Å². The van der Waals surface area contributed by atoms with Crippen LogP contribution < -0.4 is 0 Å². The van der Waals surface area contributed by atoms with Crippen molar-refractivity contribution < 1.29 is 4.79 Å². The van der Waals surface area contributed by atoms with Crippen LogP contribution in [-0.4, -0.2) is 27.9 Å². The first-order chi connectivity index (χ1) is 11.7. The minimum Gasteiger partial charge on any atom is -0.336 e. The van der Waals surface area contributed by atoms with E-state index in [1.54, 1.807) is 12.4 Å². The maximum Gasteiger partial charge on any atom is 0.227 e. The molecule has 4 heteroatoms. The minimum absolute atomic E-state index is 0.0326. The van der Waals surface area contributed by atoms with Gasteiger partial charge in [-0.1, -0.05) is 6.07 Å². The standard InChI is InChI=1S/C20H25N3O/c21-4-2-6-23(19(24)10-15-3-1-5-22-14-15)20-11-16-7-17(12-20)9-18(8-16)13-20/h1,3,5,14,16-18H,2,6-13H2. The van der Waals surface area contributed by atoms with Gasteiger partial charge in [-0.15, -0.1) is 0 Å². The second-order valence-electron chi connectivity index (χ2n) is 8.13. The highest BCUT2D eigenvalue weighted by Gasteiger charge is 2.54. The Morgan fingerprint density at radius 1 is 1.25 bits per heavy atom. The van der Waals surface area contributed by atoms with Crippen molar-refractivity contribution >= 4 is 5.91 Å². The number of hydrogen-bond donors (Lipinski definition) is 0. The van der Waals surface area contributed by atoms with E-state index in [0.29, 0.717) is 19.4 Å². The second-order valence-corrected chi connectivity index (χ2v) is 8.13. The first-order valence-electron chi connectivity index (χ1n) is 9.25. The fraction of sp³-hybridized carbons (Fsp3) is 0.650. The molecule has 0 aliphatic heterocycles. The molecule has 0 atom stereocenters. The highest BCUT2D eigenvalue weighted by molar-refractivity contribution is 5.79. The zero-order valence-electron chi connectivity index (χ0n) is 14.2. The molecule has 4 saturated carbocycles. The maximum absolute atomic E-state index is 13.1. The van der Waals surface area contributed by atoms with E-state index in [2.05, 4.69) is 16.0 Å². The van der Waals surface area contributed by atoms with Crippen molar-refractivity contribution in [1.82, 2.24) is 9.88 Å². The predicted octanol–water partition coefficient (Wildman–Crippen LogP) is 3.34. The highest BCUT2D eigenvalue weighted by atomic mass is 16.2. The van der Waals surface area contributed by atoms with Crippen molar-refractivity contribution in [3.05, 3.63) is 30.1 Å². The van der Waals surface area contributed by atoms with Crippen molar-refractivity contribution in [2.45, 2.75) is 56.9 Å². The Kier molecular flexibility index (Phi) is 4.04. The number of nitriles is 1. The van der Waals surface area contributed by atoms with Crippen LogP contribution in [0.5, 0.6) is 0 Å². The summed E-state index contributed by atoms with van der Waals surface area (Å²) in [7, 11) is 0. The van der Waals surface area contributed by atoms with Crippen LogP contribution in [-0.2, 0) is 11.2 Å². The van der Waals surface area contributed by atoms with Gasteiger partial charge < -0.3 is 4.90 Å². The van der Waals surface area contributed by atoms with Crippen LogP contribution in [0.2, 0.25) is 0 Å². The molecule has 1 aromatic heterocycles. The van der Waals surface area contributed by atoms with E-state index in [9.17, 15) is 4.79 Å². The first kappa shape index (κ1) is 15.6. The summed E-state index contributed by atoms with van der Waals surface area (Å²) < 4.78 is 0. The van der Waals surface area contributed by atoms with Gasteiger partial charge >= 0.3 is 0 Å². The van der Waals surface area contributed by atoms with E-state index in [1.807, 2.05) is 12.1 Å². The van der Waals surface area contributed by atoms with Crippen molar-refractivity contribution in [2.75, 3.05) is 6.54 Å². The number of nitrogens with zero attached hydrogens (tertiary/aromatic N) is 3. The van der Waals surface area contributed by atoms with Crippen LogP contribution in [0.4, 0.5) is 0 Å². The fourth-order valence-electron chi connectivity index (χ4n) is 5.96. The Morgan fingerprint density at radius 2 is 1.92 bits per heavy atom. The van der Waals surface area contributed by atoms with Crippen LogP contribution in [0.15, 0.2) is 24.5 Å². The molecule has 0 N–H and O–H groups in total. The molecule has 24 heavy (non-hydrogen) atoms. The van der Waals surface area contributed by atoms with Crippen LogP contribution in [0.3, 0.4) is 0 Å². The van der Waals surface area contributed by atoms with E-state index in [-0.39, 0.29) is 11.4 Å². The summed E-state index contributed by atoms with van der Waals surface area (Å²) in [6.07, 6.45) is 11.9. The van der Waals surface area contributed by atoms with Crippen molar-refractivity contribution in [2.24, 2.45) is 17.8 Å². The van der Waals surface area contributed by atoms with E-state index in [4.69, 9.17) is 5.26 Å². The summed E-state index contributed by atoms with van der Waals surface area (Å²) in [5, 5.41) is 9.07. The number of hydrogen-bond acceptors (Lipinski definition) is 3. The lowest BCUT2D eigenvalue weighted by Crippen LogP contribution is -2.62. The Bertz CT molecular complexity index is 613. The van der Waals surface area contributed by atoms with Gasteiger partial charge in [0.1, 0.15) is 0 Å². The van der Waals surface area contributed by atoms with E-state index in [1.165, 1.54) is 19.3 Å². The van der Waals surface area contributed by atoms with Crippen molar-refractivity contribution in [3.8, 4) is 6.07 Å². The smallest absolute Gasteiger partial charge is 0.227 e. The van der Waals surface area contributed by atoms with Gasteiger partial charge in [0.2, 0.25) is 5.91 Å². The lowest BCUT2D eigenvalue weighted by molar-refractivity contribution is -0.150. The molecule has 4 nitrogen and oxygen atoms in total. The number of rotatable bonds is 5. The summed E-state index contributed by atoms with van der Waals surface area (Å²) in [5.74, 6) is 2.58. The number of carbonyl (C=O) groups excluding carboxylic acids is 1. The predicted molar refractivity (Wildman–Crippen MR) is 90.8 cm³/mol. The SMILES string of the molecule is N#CCCN(C(=O)Cc1cccnc1)C12CC3CC(CC(C3)C1)C2. The molecule has 4 bridgehead atoms. The van der Waals surface area contributed by atoms with E-state index in [0.717, 1.165) is 42.6 Å². The van der Waals surface area contributed by atoms with Gasteiger partial charge in [-0.2, -0.15) is 5.26 Å². The summed E-state index contributed by atoms with van der Waals surface area (Å²) >= 11 is 0. The Morgan fingerprint density at radius 3 is 2.46 bits per heavy atom. The summed E-state index contributed by atoms with van der Waals surface area (Å²) in [5.41, 5.74) is 0.999. The monoisotopic (exact) mass is 323 g/mol. The molecule has 0 spiro atoms. The zero-order valence-corrected chi connectivity index (χ0v) is 14.2. The lowest BCUT2D eigenvalue weighted by atomic mass is 9.52. The lowest BCUT2D eigenvalue weighted by Gasteiger charge is -2.60. The third kappa shape index (κ3) is 2.81. The average Bonchev–Trinajstić information content (AvgIpc) is 2.54. The molecule has 0 aromatic carbocycles. The molecular weight excluding hydrogens is 298 g/mol. The van der Waals surface area contributed by atoms with Gasteiger partial charge in [-0.05, 0) is 67.9 Å². The molecule has 4 aliphatic carbocycles. The normalized spacial score (nSPS) is 33.2. The molecule has 4 aliphatic rings. The average molecular weight is 323 g/mol. The van der Waals surface area contributed by atoms with Crippen LogP contribution in [0.25, 0.3) is 0 Å². The molecule has 126 valence electrons. The third-order valence-electron chi connectivity index (χ3n) is 6.40. The van der Waals surface area contributed by atoms with Gasteiger partial charge in [0.15, 0.2) is 0 Å². The van der Waals surface area contributed by atoms with Crippen LogP contribution >= 0.6 is 0 Å². The van der Waals surface area contributed by atoms with Gasteiger partial charge in [0, 0.05) is 24.5 Å². The molecular formula is C20H25N3O. The number of amides is 1. The molecule has 5 rings (SSSR count). The third-order valence-corrected chi connectivity index (χ3v) is 6.40. The molecule has 0 radical (unpaired) electrons. The maximum atomic E-state index is 13.1. The van der Waals surface area contributed by atoms with E-state index < -0.39 is 0 Å². The molecule has 1 heterocycles. The quantitative estimate of drug-likeness (QED) is 0.835. The van der Waals surface area contributed by atoms with Crippen molar-refractivity contribution in [3.63, 3.8) is 0 Å². The Labute approximate surface area is 143 Å². The summed E-state index contributed by atoms with van der Waals surface area (Å²) in [6, 6.07) is 6.09. The summed E-state index contributed by atoms with van der Waals surface area (Å²) in [4.78, 5) is 19.4. The first-order valence-corrected chi connectivity index (χ1v) is 9.25. The zero-order chi connectivity index (χ0) is 16.6.